The Morgan fingerprint density at radius 1 is 0.742 bits per heavy atom. The van der Waals surface area contributed by atoms with Crippen molar-refractivity contribution in [1.29, 1.82) is 0 Å². The van der Waals surface area contributed by atoms with E-state index in [0.29, 0.717) is 19.5 Å². The maximum atomic E-state index is 12.7. The first kappa shape index (κ1) is 19.2. The molecule has 0 bridgehead atoms. The van der Waals surface area contributed by atoms with Crippen LogP contribution in [0.5, 0.6) is 0 Å². The maximum Gasteiger partial charge on any atom is 0.227 e. The Kier molecular flexibility index (Phi) is 5.31. The van der Waals surface area contributed by atoms with Crippen molar-refractivity contribution < 1.29 is 4.79 Å². The van der Waals surface area contributed by atoms with E-state index in [0.717, 1.165) is 46.8 Å². The molecule has 1 saturated heterocycles. The lowest BCUT2D eigenvalue weighted by molar-refractivity contribution is -0.130. The van der Waals surface area contributed by atoms with Crippen molar-refractivity contribution in [2.45, 2.75) is 6.42 Å². The van der Waals surface area contributed by atoms with Gasteiger partial charge in [0.1, 0.15) is 5.82 Å². The van der Waals surface area contributed by atoms with Crippen molar-refractivity contribution in [3.05, 3.63) is 90.5 Å². The normalized spacial score (nSPS) is 14.1. The quantitative estimate of drug-likeness (QED) is 0.508. The van der Waals surface area contributed by atoms with Crippen LogP contribution in [0.2, 0.25) is 0 Å². The molecule has 5 heteroatoms. The molecule has 0 N–H and O–H groups in total. The average molecular weight is 409 g/mol. The zero-order valence-electron chi connectivity index (χ0n) is 17.3. The monoisotopic (exact) mass is 408 g/mol. The average Bonchev–Trinajstić information content (AvgIpc) is 2.84. The van der Waals surface area contributed by atoms with E-state index in [-0.39, 0.29) is 5.91 Å². The molecule has 154 valence electrons. The summed E-state index contributed by atoms with van der Waals surface area (Å²) in [5, 5.41) is 1.05. The molecule has 5 rings (SSSR count). The number of nitrogens with zero attached hydrogens (tertiary/aromatic N) is 4. The number of piperazine rings is 1. The van der Waals surface area contributed by atoms with E-state index < -0.39 is 0 Å². The molecule has 2 heterocycles. The zero-order chi connectivity index (χ0) is 21.0. The largest absolute Gasteiger partial charge is 0.352 e. The van der Waals surface area contributed by atoms with Gasteiger partial charge in [0, 0.05) is 37.1 Å². The predicted molar refractivity (Wildman–Crippen MR) is 124 cm³/mol. The molecule has 0 atom stereocenters. The SMILES string of the molecule is O=C(Cc1ccccc1)N1CCN(c2nc(-c3ccccc3)nc3ccccc23)CC1. The number of aromatic nitrogens is 2. The summed E-state index contributed by atoms with van der Waals surface area (Å²) in [5.41, 5.74) is 3.00. The van der Waals surface area contributed by atoms with E-state index in [9.17, 15) is 4.79 Å². The molecular formula is C26H24N4O. The number of hydrogen-bond donors (Lipinski definition) is 0. The number of rotatable bonds is 4. The zero-order valence-corrected chi connectivity index (χ0v) is 17.3. The molecule has 4 aromatic rings. The Bertz CT molecular complexity index is 1190. The lowest BCUT2D eigenvalue weighted by Crippen LogP contribution is -2.49. The van der Waals surface area contributed by atoms with Gasteiger partial charge < -0.3 is 9.80 Å². The van der Waals surface area contributed by atoms with Gasteiger partial charge in [0.15, 0.2) is 5.82 Å². The number of para-hydroxylation sites is 1. The van der Waals surface area contributed by atoms with Gasteiger partial charge in [-0.1, -0.05) is 72.8 Å². The minimum atomic E-state index is 0.184. The Balaban J connectivity index is 1.37. The van der Waals surface area contributed by atoms with Gasteiger partial charge in [-0.25, -0.2) is 9.97 Å². The number of carbonyl (C=O) groups excluding carboxylic acids is 1. The number of fused-ring (bicyclic) bond motifs is 1. The lowest BCUT2D eigenvalue weighted by Gasteiger charge is -2.36. The molecule has 0 saturated carbocycles. The first-order valence-electron chi connectivity index (χ1n) is 10.7. The summed E-state index contributed by atoms with van der Waals surface area (Å²) < 4.78 is 0. The van der Waals surface area contributed by atoms with Crippen LogP contribution in [0.15, 0.2) is 84.9 Å². The fourth-order valence-electron chi connectivity index (χ4n) is 4.07. The third-order valence-electron chi connectivity index (χ3n) is 5.75. The summed E-state index contributed by atoms with van der Waals surface area (Å²) in [4.78, 5) is 26.7. The van der Waals surface area contributed by atoms with E-state index in [1.165, 1.54) is 0 Å². The fraction of sp³-hybridized carbons (Fsp3) is 0.192. The van der Waals surface area contributed by atoms with Crippen LogP contribution >= 0.6 is 0 Å². The standard InChI is InChI=1S/C26H24N4O/c31-24(19-20-9-3-1-4-10-20)29-15-17-30(18-16-29)26-22-13-7-8-14-23(22)27-25(28-26)21-11-5-2-6-12-21/h1-14H,15-19H2. The van der Waals surface area contributed by atoms with Crippen LogP contribution in [0.1, 0.15) is 5.56 Å². The Hall–Kier alpha value is -3.73. The van der Waals surface area contributed by atoms with Crippen LogP contribution in [0, 0.1) is 0 Å². The first-order chi connectivity index (χ1) is 15.3. The van der Waals surface area contributed by atoms with Gasteiger partial charge in [-0.3, -0.25) is 4.79 Å². The second kappa shape index (κ2) is 8.56. The number of anilines is 1. The van der Waals surface area contributed by atoms with E-state index in [1.54, 1.807) is 0 Å². The Morgan fingerprint density at radius 3 is 2.13 bits per heavy atom. The molecule has 1 aliphatic rings. The van der Waals surface area contributed by atoms with E-state index >= 15 is 0 Å². The molecule has 1 amide bonds. The molecule has 0 unspecified atom stereocenters. The van der Waals surface area contributed by atoms with Crippen molar-refractivity contribution in [3.8, 4) is 11.4 Å². The predicted octanol–water partition coefficient (Wildman–Crippen LogP) is 4.19. The Morgan fingerprint density at radius 2 is 1.39 bits per heavy atom. The summed E-state index contributed by atoms with van der Waals surface area (Å²) >= 11 is 0. The van der Waals surface area contributed by atoms with Crippen LogP contribution in [0.25, 0.3) is 22.3 Å². The third-order valence-corrected chi connectivity index (χ3v) is 5.75. The van der Waals surface area contributed by atoms with Crippen LogP contribution < -0.4 is 4.90 Å². The molecule has 5 nitrogen and oxygen atoms in total. The molecule has 1 aromatic heterocycles. The van der Waals surface area contributed by atoms with Crippen LogP contribution in [0.3, 0.4) is 0 Å². The van der Waals surface area contributed by atoms with E-state index in [4.69, 9.17) is 9.97 Å². The fourth-order valence-corrected chi connectivity index (χ4v) is 4.07. The molecule has 31 heavy (non-hydrogen) atoms. The molecule has 0 spiro atoms. The highest BCUT2D eigenvalue weighted by Gasteiger charge is 2.24. The van der Waals surface area contributed by atoms with Gasteiger partial charge >= 0.3 is 0 Å². The van der Waals surface area contributed by atoms with Crippen molar-refractivity contribution in [2.24, 2.45) is 0 Å². The minimum absolute atomic E-state index is 0.184. The highest BCUT2D eigenvalue weighted by molar-refractivity contribution is 5.91. The van der Waals surface area contributed by atoms with Crippen molar-refractivity contribution in [2.75, 3.05) is 31.1 Å². The van der Waals surface area contributed by atoms with Crippen LogP contribution in [-0.4, -0.2) is 47.0 Å². The summed E-state index contributed by atoms with van der Waals surface area (Å²) in [6, 6.07) is 28.2. The second-order valence-corrected chi connectivity index (χ2v) is 7.78. The van der Waals surface area contributed by atoms with Gasteiger partial charge in [-0.2, -0.15) is 0 Å². The topological polar surface area (TPSA) is 49.3 Å². The summed E-state index contributed by atoms with van der Waals surface area (Å²) in [6.45, 7) is 2.92. The molecular weight excluding hydrogens is 384 g/mol. The van der Waals surface area contributed by atoms with Crippen molar-refractivity contribution in [3.63, 3.8) is 0 Å². The smallest absolute Gasteiger partial charge is 0.227 e. The molecule has 1 fully saturated rings. The van der Waals surface area contributed by atoms with Gasteiger partial charge in [0.05, 0.1) is 11.9 Å². The minimum Gasteiger partial charge on any atom is -0.352 e. The van der Waals surface area contributed by atoms with E-state index in [2.05, 4.69) is 11.0 Å². The summed E-state index contributed by atoms with van der Waals surface area (Å²) in [7, 11) is 0. The number of carbonyl (C=O) groups is 1. The van der Waals surface area contributed by atoms with E-state index in [1.807, 2.05) is 83.8 Å². The van der Waals surface area contributed by atoms with Crippen LogP contribution in [-0.2, 0) is 11.2 Å². The first-order valence-corrected chi connectivity index (χ1v) is 10.7. The highest BCUT2D eigenvalue weighted by atomic mass is 16.2. The molecule has 0 aliphatic carbocycles. The van der Waals surface area contributed by atoms with Gasteiger partial charge in [-0.15, -0.1) is 0 Å². The van der Waals surface area contributed by atoms with Crippen molar-refractivity contribution >= 4 is 22.6 Å². The molecule has 3 aromatic carbocycles. The van der Waals surface area contributed by atoms with Gasteiger partial charge in [0.2, 0.25) is 5.91 Å². The molecule has 0 radical (unpaired) electrons. The number of hydrogen-bond acceptors (Lipinski definition) is 4. The summed E-state index contributed by atoms with van der Waals surface area (Å²) in [5.74, 6) is 1.86. The third kappa shape index (κ3) is 4.12. The van der Waals surface area contributed by atoms with Gasteiger partial charge in [-0.05, 0) is 17.7 Å². The van der Waals surface area contributed by atoms with Crippen molar-refractivity contribution in [1.82, 2.24) is 14.9 Å². The second-order valence-electron chi connectivity index (χ2n) is 7.78. The maximum absolute atomic E-state index is 12.7. The highest BCUT2D eigenvalue weighted by Crippen LogP contribution is 2.28. The van der Waals surface area contributed by atoms with Crippen LogP contribution in [0.4, 0.5) is 5.82 Å². The summed E-state index contributed by atoms with van der Waals surface area (Å²) in [6.07, 6.45) is 0.454. The number of benzene rings is 3. The van der Waals surface area contributed by atoms with Gasteiger partial charge in [0.25, 0.3) is 0 Å². The Labute approximate surface area is 182 Å². The molecule has 1 aliphatic heterocycles. The number of amides is 1. The lowest BCUT2D eigenvalue weighted by atomic mass is 10.1.